The number of nitrogens with zero attached hydrogens (tertiary/aromatic N) is 2. The Kier molecular flexibility index (Phi) is 4.69. The third-order valence-corrected chi connectivity index (χ3v) is 3.54. The number of likely N-dealkylation sites (N-methyl/N-ethyl adjacent to an activating group) is 1. The van der Waals surface area contributed by atoms with E-state index in [1.807, 2.05) is 44.6 Å². The smallest absolute Gasteiger partial charge is 0.128 e. The molecular weight excluding hydrogens is 250 g/mol. The first-order chi connectivity index (χ1) is 9.67. The van der Waals surface area contributed by atoms with Crippen LogP contribution in [0, 0.1) is 13.8 Å². The molecule has 20 heavy (non-hydrogen) atoms. The number of hydrogen-bond donors (Lipinski definition) is 1. The van der Waals surface area contributed by atoms with Gasteiger partial charge in [-0.05, 0) is 33.0 Å². The molecule has 0 bridgehead atoms. The van der Waals surface area contributed by atoms with Crippen LogP contribution < -0.4 is 10.1 Å². The average molecular weight is 271 g/mol. The Balaban J connectivity index is 2.29. The van der Waals surface area contributed by atoms with Crippen molar-refractivity contribution in [3.63, 3.8) is 0 Å². The van der Waals surface area contributed by atoms with E-state index in [1.165, 1.54) is 0 Å². The number of ether oxygens (including phenoxy) is 1. The maximum atomic E-state index is 5.46. The largest absolute Gasteiger partial charge is 0.496 e. The summed E-state index contributed by atoms with van der Waals surface area (Å²) in [5.74, 6) is 0.922. The van der Waals surface area contributed by atoms with Crippen molar-refractivity contribution in [3.05, 3.63) is 53.1 Å². The minimum Gasteiger partial charge on any atom is -0.496 e. The van der Waals surface area contributed by atoms with Gasteiger partial charge in [-0.1, -0.05) is 6.07 Å². The van der Waals surface area contributed by atoms with Crippen LogP contribution in [0.25, 0.3) is 0 Å². The highest BCUT2D eigenvalue weighted by molar-refractivity contribution is 5.41. The number of rotatable bonds is 5. The molecule has 0 aliphatic rings. The number of pyridine rings is 2. The quantitative estimate of drug-likeness (QED) is 0.908. The van der Waals surface area contributed by atoms with Crippen LogP contribution in [0.2, 0.25) is 0 Å². The molecule has 0 spiro atoms. The molecule has 4 nitrogen and oxygen atoms in total. The van der Waals surface area contributed by atoms with Gasteiger partial charge in [0.2, 0.25) is 0 Å². The van der Waals surface area contributed by atoms with Crippen molar-refractivity contribution in [2.24, 2.45) is 0 Å². The van der Waals surface area contributed by atoms with Crippen LogP contribution in [-0.2, 0) is 6.42 Å². The van der Waals surface area contributed by atoms with Gasteiger partial charge in [-0.25, -0.2) is 0 Å². The molecule has 1 unspecified atom stereocenters. The summed E-state index contributed by atoms with van der Waals surface area (Å²) < 4.78 is 5.46. The molecule has 2 heterocycles. The molecule has 0 saturated carbocycles. The third kappa shape index (κ3) is 2.96. The Bertz CT molecular complexity index is 569. The van der Waals surface area contributed by atoms with E-state index in [-0.39, 0.29) is 6.04 Å². The van der Waals surface area contributed by atoms with E-state index in [0.29, 0.717) is 0 Å². The highest BCUT2D eigenvalue weighted by Gasteiger charge is 2.16. The SMILES string of the molecule is CNC(Cc1ncc(C)c(OC)c1C)c1ccccn1. The van der Waals surface area contributed by atoms with Crippen LogP contribution in [-0.4, -0.2) is 24.1 Å². The van der Waals surface area contributed by atoms with Gasteiger partial charge in [0.15, 0.2) is 0 Å². The van der Waals surface area contributed by atoms with Crippen LogP contribution in [0.1, 0.15) is 28.6 Å². The molecule has 2 aromatic heterocycles. The van der Waals surface area contributed by atoms with Gasteiger partial charge in [0, 0.05) is 35.6 Å². The zero-order valence-corrected chi connectivity index (χ0v) is 12.5. The number of aromatic nitrogens is 2. The molecule has 4 heteroatoms. The zero-order chi connectivity index (χ0) is 14.5. The first-order valence-corrected chi connectivity index (χ1v) is 6.74. The molecule has 0 radical (unpaired) electrons. The number of hydrogen-bond acceptors (Lipinski definition) is 4. The normalized spacial score (nSPS) is 12.2. The molecule has 2 aromatic rings. The van der Waals surface area contributed by atoms with Gasteiger partial charge >= 0.3 is 0 Å². The van der Waals surface area contributed by atoms with Crippen LogP contribution in [0.5, 0.6) is 5.75 Å². The van der Waals surface area contributed by atoms with E-state index in [9.17, 15) is 0 Å². The monoisotopic (exact) mass is 271 g/mol. The molecule has 2 rings (SSSR count). The van der Waals surface area contributed by atoms with Crippen LogP contribution in [0.15, 0.2) is 30.6 Å². The molecule has 0 fully saturated rings. The Morgan fingerprint density at radius 1 is 1.25 bits per heavy atom. The minimum atomic E-state index is 0.148. The lowest BCUT2D eigenvalue weighted by atomic mass is 10.0. The summed E-state index contributed by atoms with van der Waals surface area (Å²) in [6.07, 6.45) is 4.47. The molecule has 1 atom stereocenters. The fourth-order valence-corrected chi connectivity index (χ4v) is 2.41. The van der Waals surface area contributed by atoms with Crippen molar-refractivity contribution < 1.29 is 4.74 Å². The van der Waals surface area contributed by atoms with Crippen molar-refractivity contribution in [1.82, 2.24) is 15.3 Å². The minimum absolute atomic E-state index is 0.148. The molecular formula is C16H21N3O. The van der Waals surface area contributed by atoms with Gasteiger partial charge in [0.05, 0.1) is 18.8 Å². The van der Waals surface area contributed by atoms with E-state index >= 15 is 0 Å². The van der Waals surface area contributed by atoms with Gasteiger partial charge in [-0.15, -0.1) is 0 Å². The number of nitrogens with one attached hydrogen (secondary N) is 1. The van der Waals surface area contributed by atoms with Gasteiger partial charge in [0.1, 0.15) is 5.75 Å². The summed E-state index contributed by atoms with van der Waals surface area (Å²) in [5, 5.41) is 3.30. The van der Waals surface area contributed by atoms with Crippen molar-refractivity contribution in [2.45, 2.75) is 26.3 Å². The lowest BCUT2D eigenvalue weighted by molar-refractivity contribution is 0.406. The molecule has 0 aromatic carbocycles. The maximum absolute atomic E-state index is 5.46. The Morgan fingerprint density at radius 2 is 2.05 bits per heavy atom. The van der Waals surface area contributed by atoms with Crippen LogP contribution in [0.4, 0.5) is 0 Å². The number of aryl methyl sites for hydroxylation is 1. The summed E-state index contributed by atoms with van der Waals surface area (Å²) in [7, 11) is 3.65. The molecule has 0 saturated heterocycles. The molecule has 0 amide bonds. The second kappa shape index (κ2) is 6.48. The molecule has 0 aliphatic carbocycles. The number of methoxy groups -OCH3 is 1. The Hall–Kier alpha value is -1.94. The fraction of sp³-hybridized carbons (Fsp3) is 0.375. The topological polar surface area (TPSA) is 47.0 Å². The highest BCUT2D eigenvalue weighted by atomic mass is 16.5. The third-order valence-electron chi connectivity index (χ3n) is 3.54. The predicted octanol–water partition coefficient (Wildman–Crippen LogP) is 2.61. The Morgan fingerprint density at radius 3 is 2.65 bits per heavy atom. The summed E-state index contributed by atoms with van der Waals surface area (Å²) >= 11 is 0. The molecule has 106 valence electrons. The lowest BCUT2D eigenvalue weighted by Gasteiger charge is -2.18. The van der Waals surface area contributed by atoms with Crippen LogP contribution >= 0.6 is 0 Å². The standard InChI is InChI=1S/C16H21N3O/c1-11-10-19-14(12(2)16(11)20-4)9-15(17-3)13-7-5-6-8-18-13/h5-8,10,15,17H,9H2,1-4H3. The second-order valence-electron chi connectivity index (χ2n) is 4.85. The van der Waals surface area contributed by atoms with Gasteiger partial charge in [0.25, 0.3) is 0 Å². The maximum Gasteiger partial charge on any atom is 0.128 e. The van der Waals surface area contributed by atoms with E-state index in [0.717, 1.165) is 34.7 Å². The predicted molar refractivity (Wildman–Crippen MR) is 80.0 cm³/mol. The van der Waals surface area contributed by atoms with E-state index < -0.39 is 0 Å². The Labute approximate surface area is 120 Å². The van der Waals surface area contributed by atoms with Crippen molar-refractivity contribution >= 4 is 0 Å². The van der Waals surface area contributed by atoms with Crippen LogP contribution in [0.3, 0.4) is 0 Å². The molecule has 0 aliphatic heterocycles. The first kappa shape index (κ1) is 14.5. The summed E-state index contributed by atoms with van der Waals surface area (Å²) in [5.41, 5.74) is 4.23. The van der Waals surface area contributed by atoms with Gasteiger partial charge in [-0.2, -0.15) is 0 Å². The van der Waals surface area contributed by atoms with E-state index in [1.54, 1.807) is 7.11 Å². The van der Waals surface area contributed by atoms with E-state index in [2.05, 4.69) is 22.2 Å². The second-order valence-corrected chi connectivity index (χ2v) is 4.85. The van der Waals surface area contributed by atoms with Gasteiger partial charge in [-0.3, -0.25) is 9.97 Å². The average Bonchev–Trinajstić information content (AvgIpc) is 2.48. The highest BCUT2D eigenvalue weighted by Crippen LogP contribution is 2.26. The lowest BCUT2D eigenvalue weighted by Crippen LogP contribution is -2.21. The van der Waals surface area contributed by atoms with Crippen molar-refractivity contribution in [2.75, 3.05) is 14.2 Å². The summed E-state index contributed by atoms with van der Waals surface area (Å²) in [4.78, 5) is 8.97. The fourth-order valence-electron chi connectivity index (χ4n) is 2.41. The molecule has 1 N–H and O–H groups in total. The van der Waals surface area contributed by atoms with Crippen molar-refractivity contribution in [1.29, 1.82) is 0 Å². The summed E-state index contributed by atoms with van der Waals surface area (Å²) in [6, 6.07) is 6.11. The summed E-state index contributed by atoms with van der Waals surface area (Å²) in [6.45, 7) is 4.07. The van der Waals surface area contributed by atoms with Gasteiger partial charge < -0.3 is 10.1 Å². The van der Waals surface area contributed by atoms with Crippen molar-refractivity contribution in [3.8, 4) is 5.75 Å². The zero-order valence-electron chi connectivity index (χ0n) is 12.5. The van der Waals surface area contributed by atoms with E-state index in [4.69, 9.17) is 4.74 Å². The first-order valence-electron chi connectivity index (χ1n) is 6.74.